The second kappa shape index (κ2) is 6.47. The van der Waals surface area contributed by atoms with Gasteiger partial charge >= 0.3 is 0 Å². The minimum absolute atomic E-state index is 0.0454. The van der Waals surface area contributed by atoms with Gasteiger partial charge in [0.05, 0.1) is 11.2 Å². The van der Waals surface area contributed by atoms with Crippen molar-refractivity contribution in [3.63, 3.8) is 0 Å². The maximum absolute atomic E-state index is 11.4. The fourth-order valence-corrected chi connectivity index (χ4v) is 2.06. The van der Waals surface area contributed by atoms with Gasteiger partial charge in [0.1, 0.15) is 5.52 Å². The van der Waals surface area contributed by atoms with Gasteiger partial charge in [-0.25, -0.2) is 0 Å². The molecule has 2 N–H and O–H groups in total. The van der Waals surface area contributed by atoms with Crippen LogP contribution in [0.3, 0.4) is 0 Å². The number of halogens is 1. The molecule has 0 unspecified atom stereocenters. The van der Waals surface area contributed by atoms with Crippen LogP contribution in [0.25, 0.3) is 11.0 Å². The third-order valence-electron chi connectivity index (χ3n) is 2.59. The zero-order valence-corrected chi connectivity index (χ0v) is 12.2. The Morgan fingerprint density at radius 3 is 3.05 bits per heavy atom. The number of aromatic nitrogens is 2. The van der Waals surface area contributed by atoms with Gasteiger partial charge in [0.2, 0.25) is 5.91 Å². The van der Waals surface area contributed by atoms with E-state index < -0.39 is 0 Å². The minimum atomic E-state index is 0.0454. The first-order valence-electron chi connectivity index (χ1n) is 6.11. The lowest BCUT2D eigenvalue weighted by Gasteiger charge is -2.08. The number of carbonyl (C=O) groups excluding carboxylic acids is 1. The molecule has 0 radical (unpaired) electrons. The van der Waals surface area contributed by atoms with Crippen LogP contribution in [0.2, 0.25) is 0 Å². The van der Waals surface area contributed by atoms with Gasteiger partial charge in [-0.2, -0.15) is 0 Å². The number of hydrogen-bond donors (Lipinski definition) is 2. The average molecular weight is 323 g/mol. The van der Waals surface area contributed by atoms with Gasteiger partial charge in [0.25, 0.3) is 0 Å². The highest BCUT2D eigenvalue weighted by molar-refractivity contribution is 9.10. The van der Waals surface area contributed by atoms with E-state index >= 15 is 0 Å². The number of fused-ring (bicyclic) bond motifs is 1. The zero-order chi connectivity index (χ0) is 13.7. The maximum Gasteiger partial charge on any atom is 0.221 e. The van der Waals surface area contributed by atoms with E-state index in [1.807, 2.05) is 19.1 Å². The molecule has 2 rings (SSSR count). The van der Waals surface area contributed by atoms with Crippen molar-refractivity contribution in [2.75, 3.05) is 18.4 Å². The molecule has 2 aromatic heterocycles. The number of anilines is 1. The molecule has 1 amide bonds. The second-order valence-corrected chi connectivity index (χ2v) is 4.93. The average Bonchev–Trinajstić information content (AvgIpc) is 2.39. The summed E-state index contributed by atoms with van der Waals surface area (Å²) in [5.74, 6) is 0.0454. The van der Waals surface area contributed by atoms with Gasteiger partial charge in [-0.1, -0.05) is 0 Å². The standard InChI is InChI=1S/C13H15BrN4O/c1-2-15-12(19)4-6-16-10-3-5-17-11-7-9(14)8-18-13(10)11/h3,5,7-8H,2,4,6H2,1H3,(H,15,19)(H,16,17). The summed E-state index contributed by atoms with van der Waals surface area (Å²) in [5, 5.41) is 5.98. The van der Waals surface area contributed by atoms with Crippen molar-refractivity contribution >= 4 is 38.6 Å². The molecule has 0 atom stereocenters. The van der Waals surface area contributed by atoms with Crippen LogP contribution in [-0.2, 0) is 4.79 Å². The molecule has 5 nitrogen and oxygen atoms in total. The Morgan fingerprint density at radius 1 is 1.42 bits per heavy atom. The molecule has 19 heavy (non-hydrogen) atoms. The van der Waals surface area contributed by atoms with Crippen molar-refractivity contribution in [2.45, 2.75) is 13.3 Å². The summed E-state index contributed by atoms with van der Waals surface area (Å²) >= 11 is 3.37. The van der Waals surface area contributed by atoms with Crippen LogP contribution in [0.5, 0.6) is 0 Å². The predicted molar refractivity (Wildman–Crippen MR) is 79.0 cm³/mol. The van der Waals surface area contributed by atoms with E-state index in [0.29, 0.717) is 19.5 Å². The molecule has 6 heteroatoms. The zero-order valence-electron chi connectivity index (χ0n) is 10.6. The van der Waals surface area contributed by atoms with Crippen LogP contribution in [-0.4, -0.2) is 29.0 Å². The van der Waals surface area contributed by atoms with Gasteiger partial charge in [0, 0.05) is 36.4 Å². The van der Waals surface area contributed by atoms with Crippen molar-refractivity contribution in [1.29, 1.82) is 0 Å². The maximum atomic E-state index is 11.4. The first kappa shape index (κ1) is 13.7. The number of nitrogens with one attached hydrogen (secondary N) is 2. The third kappa shape index (κ3) is 3.64. The Kier molecular flexibility index (Phi) is 4.68. The normalized spacial score (nSPS) is 10.4. The molecule has 0 aromatic carbocycles. The summed E-state index contributed by atoms with van der Waals surface area (Å²) in [5.41, 5.74) is 2.51. The van der Waals surface area contributed by atoms with Crippen molar-refractivity contribution in [1.82, 2.24) is 15.3 Å². The molecule has 0 fully saturated rings. The van der Waals surface area contributed by atoms with Crippen LogP contribution in [0.4, 0.5) is 5.69 Å². The fraction of sp³-hybridized carbons (Fsp3) is 0.308. The Morgan fingerprint density at radius 2 is 2.26 bits per heavy atom. The van der Waals surface area contributed by atoms with Crippen molar-refractivity contribution in [3.8, 4) is 0 Å². The van der Waals surface area contributed by atoms with Crippen molar-refractivity contribution < 1.29 is 4.79 Å². The molecule has 0 saturated heterocycles. The van der Waals surface area contributed by atoms with E-state index in [9.17, 15) is 4.79 Å². The minimum Gasteiger partial charge on any atom is -0.383 e. The van der Waals surface area contributed by atoms with E-state index in [1.165, 1.54) is 0 Å². The first-order valence-corrected chi connectivity index (χ1v) is 6.91. The molecular weight excluding hydrogens is 308 g/mol. The molecule has 0 saturated carbocycles. The molecule has 0 aliphatic rings. The van der Waals surface area contributed by atoms with E-state index in [1.54, 1.807) is 12.4 Å². The summed E-state index contributed by atoms with van der Waals surface area (Å²) < 4.78 is 0.895. The van der Waals surface area contributed by atoms with Crippen LogP contribution in [0.15, 0.2) is 29.0 Å². The number of nitrogens with zero attached hydrogens (tertiary/aromatic N) is 2. The first-order chi connectivity index (χ1) is 9.20. The summed E-state index contributed by atoms with van der Waals surface area (Å²) in [4.78, 5) is 20.0. The molecule has 0 bridgehead atoms. The molecule has 0 aliphatic carbocycles. The Hall–Kier alpha value is -1.69. The lowest BCUT2D eigenvalue weighted by atomic mass is 10.2. The number of amides is 1. The van der Waals surface area contributed by atoms with Crippen molar-refractivity contribution in [2.24, 2.45) is 0 Å². The fourth-order valence-electron chi connectivity index (χ4n) is 1.74. The predicted octanol–water partition coefficient (Wildman–Crippen LogP) is 2.33. The van der Waals surface area contributed by atoms with Gasteiger partial charge in [-0.3, -0.25) is 14.8 Å². The highest BCUT2D eigenvalue weighted by atomic mass is 79.9. The number of hydrogen-bond acceptors (Lipinski definition) is 4. The molecule has 2 aromatic rings. The molecule has 2 heterocycles. The summed E-state index contributed by atoms with van der Waals surface area (Å²) in [7, 11) is 0. The van der Waals surface area contributed by atoms with Crippen LogP contribution < -0.4 is 10.6 Å². The smallest absolute Gasteiger partial charge is 0.221 e. The Balaban J connectivity index is 2.06. The summed E-state index contributed by atoms with van der Waals surface area (Å²) in [6, 6.07) is 3.78. The Labute approximate surface area is 120 Å². The van der Waals surface area contributed by atoms with E-state index in [-0.39, 0.29) is 5.91 Å². The Bertz CT molecular complexity index is 588. The van der Waals surface area contributed by atoms with Crippen LogP contribution in [0.1, 0.15) is 13.3 Å². The topological polar surface area (TPSA) is 66.9 Å². The molecule has 100 valence electrons. The monoisotopic (exact) mass is 322 g/mol. The van der Waals surface area contributed by atoms with Crippen molar-refractivity contribution in [3.05, 3.63) is 29.0 Å². The van der Waals surface area contributed by atoms with Gasteiger partial charge in [-0.05, 0) is 35.0 Å². The third-order valence-corrected chi connectivity index (χ3v) is 3.02. The molecule has 0 aliphatic heterocycles. The van der Waals surface area contributed by atoms with Crippen LogP contribution >= 0.6 is 15.9 Å². The quantitative estimate of drug-likeness (QED) is 0.886. The van der Waals surface area contributed by atoms with E-state index in [0.717, 1.165) is 21.2 Å². The number of rotatable bonds is 5. The number of pyridine rings is 2. The molecule has 0 spiro atoms. The highest BCUT2D eigenvalue weighted by Gasteiger charge is 2.04. The van der Waals surface area contributed by atoms with Gasteiger partial charge in [0.15, 0.2) is 0 Å². The van der Waals surface area contributed by atoms with Gasteiger partial charge in [-0.15, -0.1) is 0 Å². The largest absolute Gasteiger partial charge is 0.383 e. The van der Waals surface area contributed by atoms with E-state index in [4.69, 9.17) is 0 Å². The lowest BCUT2D eigenvalue weighted by molar-refractivity contribution is -0.120. The molecular formula is C13H15BrN4O. The highest BCUT2D eigenvalue weighted by Crippen LogP contribution is 2.21. The lowest BCUT2D eigenvalue weighted by Crippen LogP contribution is -2.24. The second-order valence-electron chi connectivity index (χ2n) is 4.01. The summed E-state index contributed by atoms with van der Waals surface area (Å²) in [6.45, 7) is 3.14. The van der Waals surface area contributed by atoms with Crippen LogP contribution in [0, 0.1) is 0 Å². The summed E-state index contributed by atoms with van der Waals surface area (Å²) in [6.07, 6.45) is 3.90. The van der Waals surface area contributed by atoms with E-state index in [2.05, 4.69) is 36.5 Å². The number of carbonyl (C=O) groups is 1. The van der Waals surface area contributed by atoms with Gasteiger partial charge < -0.3 is 10.6 Å². The SMILES string of the molecule is CCNC(=O)CCNc1ccnc2cc(Br)cnc12.